The molecule has 0 aliphatic heterocycles. The third kappa shape index (κ3) is 3.54. The first-order valence-corrected chi connectivity index (χ1v) is 5.18. The summed E-state index contributed by atoms with van der Waals surface area (Å²) >= 11 is 11.5. The number of hydrogen-bond acceptors (Lipinski definition) is 2. The molecule has 1 aromatic rings. The van der Waals surface area contributed by atoms with Crippen LogP contribution in [0.3, 0.4) is 0 Å². The van der Waals surface area contributed by atoms with Gasteiger partial charge in [0.2, 0.25) is 0 Å². The van der Waals surface area contributed by atoms with Crippen molar-refractivity contribution in [2.75, 3.05) is 0 Å². The summed E-state index contributed by atoms with van der Waals surface area (Å²) in [6, 6.07) is 1.50. The predicted octanol–water partition coefficient (Wildman–Crippen LogP) is 3.37. The van der Waals surface area contributed by atoms with Crippen molar-refractivity contribution in [3.05, 3.63) is 28.0 Å². The van der Waals surface area contributed by atoms with Crippen LogP contribution < -0.4 is 0 Å². The molecule has 4 heteroatoms. The van der Waals surface area contributed by atoms with Crippen LogP contribution in [0.15, 0.2) is 12.3 Å². The third-order valence-electron chi connectivity index (χ3n) is 1.80. The van der Waals surface area contributed by atoms with Crippen molar-refractivity contribution in [2.45, 2.75) is 19.3 Å². The lowest BCUT2D eigenvalue weighted by molar-refractivity contribution is 0.0976. The lowest BCUT2D eigenvalue weighted by atomic mass is 10.1. The number of pyridine rings is 1. The number of rotatable bonds is 4. The standard InChI is InChI=1S/C11H9Cl2NO/c1-2-3-4-5-10(15)11-9(13)6-8(12)7-14-11/h1,6-7H,3-5H2. The zero-order valence-electron chi connectivity index (χ0n) is 7.96. The minimum Gasteiger partial charge on any atom is -0.292 e. The highest BCUT2D eigenvalue weighted by atomic mass is 35.5. The van der Waals surface area contributed by atoms with Crippen molar-refractivity contribution in [3.63, 3.8) is 0 Å². The highest BCUT2D eigenvalue weighted by molar-refractivity contribution is 6.36. The zero-order chi connectivity index (χ0) is 11.3. The number of hydrogen-bond donors (Lipinski definition) is 0. The summed E-state index contributed by atoms with van der Waals surface area (Å²) in [5.41, 5.74) is 0.262. The van der Waals surface area contributed by atoms with Crippen LogP contribution in [0, 0.1) is 12.3 Å². The van der Waals surface area contributed by atoms with Crippen molar-refractivity contribution in [3.8, 4) is 12.3 Å². The fourth-order valence-corrected chi connectivity index (χ4v) is 1.57. The summed E-state index contributed by atoms with van der Waals surface area (Å²) < 4.78 is 0. The molecule has 15 heavy (non-hydrogen) atoms. The first-order chi connectivity index (χ1) is 7.15. The predicted molar refractivity (Wildman–Crippen MR) is 61.3 cm³/mol. The Morgan fingerprint density at radius 3 is 2.87 bits per heavy atom. The van der Waals surface area contributed by atoms with E-state index in [1.807, 2.05) is 0 Å². The van der Waals surface area contributed by atoms with Crippen LogP contribution in [0.4, 0.5) is 0 Å². The summed E-state index contributed by atoms with van der Waals surface area (Å²) in [5.74, 6) is 2.37. The molecule has 0 saturated heterocycles. The number of aromatic nitrogens is 1. The van der Waals surface area contributed by atoms with E-state index in [9.17, 15) is 4.79 Å². The van der Waals surface area contributed by atoms with Crippen LogP contribution in [-0.4, -0.2) is 10.8 Å². The minimum atomic E-state index is -0.105. The zero-order valence-corrected chi connectivity index (χ0v) is 9.48. The lowest BCUT2D eigenvalue weighted by Crippen LogP contribution is -2.02. The lowest BCUT2D eigenvalue weighted by Gasteiger charge is -2.01. The van der Waals surface area contributed by atoms with Crippen LogP contribution in [0.1, 0.15) is 29.8 Å². The first kappa shape index (κ1) is 12.0. The number of nitrogens with zero attached hydrogens (tertiary/aromatic N) is 1. The molecule has 0 N–H and O–H groups in total. The topological polar surface area (TPSA) is 30.0 Å². The molecule has 1 aromatic heterocycles. The summed E-state index contributed by atoms with van der Waals surface area (Å²) in [6.45, 7) is 0. The molecule has 0 fully saturated rings. The normalized spacial score (nSPS) is 9.67. The molecule has 0 radical (unpaired) electrons. The molecule has 0 spiro atoms. The van der Waals surface area contributed by atoms with Gasteiger partial charge in [0.1, 0.15) is 5.69 Å². The molecule has 0 unspecified atom stereocenters. The van der Waals surface area contributed by atoms with E-state index in [1.54, 1.807) is 0 Å². The van der Waals surface area contributed by atoms with E-state index in [-0.39, 0.29) is 16.5 Å². The second kappa shape index (κ2) is 5.75. The Bertz CT molecular complexity index is 410. The number of halogens is 2. The van der Waals surface area contributed by atoms with E-state index < -0.39 is 0 Å². The molecular formula is C11H9Cl2NO. The molecule has 0 amide bonds. The number of ketones is 1. The Balaban J connectivity index is 2.70. The quantitative estimate of drug-likeness (QED) is 0.460. The average molecular weight is 242 g/mol. The molecule has 78 valence electrons. The summed E-state index contributed by atoms with van der Waals surface area (Å²) in [4.78, 5) is 15.5. The second-order valence-electron chi connectivity index (χ2n) is 2.96. The molecular weight excluding hydrogens is 233 g/mol. The first-order valence-electron chi connectivity index (χ1n) is 4.43. The van der Waals surface area contributed by atoms with Crippen molar-refractivity contribution in [1.29, 1.82) is 0 Å². The van der Waals surface area contributed by atoms with Crippen LogP contribution in [0.25, 0.3) is 0 Å². The van der Waals surface area contributed by atoms with Crippen LogP contribution in [-0.2, 0) is 0 Å². The van der Waals surface area contributed by atoms with Gasteiger partial charge in [0.05, 0.1) is 10.0 Å². The smallest absolute Gasteiger partial charge is 0.182 e. The van der Waals surface area contributed by atoms with E-state index in [2.05, 4.69) is 10.9 Å². The molecule has 0 aliphatic carbocycles. The van der Waals surface area contributed by atoms with E-state index in [1.165, 1.54) is 12.3 Å². The van der Waals surface area contributed by atoms with Crippen LogP contribution >= 0.6 is 23.2 Å². The van der Waals surface area contributed by atoms with Gasteiger partial charge in [-0.2, -0.15) is 0 Å². The number of terminal acetylenes is 1. The van der Waals surface area contributed by atoms with Crippen LogP contribution in [0.5, 0.6) is 0 Å². The van der Waals surface area contributed by atoms with Gasteiger partial charge in [-0.15, -0.1) is 12.3 Å². The Hall–Kier alpha value is -1.04. The molecule has 0 saturated carbocycles. The Morgan fingerprint density at radius 2 is 2.27 bits per heavy atom. The van der Waals surface area contributed by atoms with E-state index in [4.69, 9.17) is 29.6 Å². The van der Waals surface area contributed by atoms with Gasteiger partial charge in [0.25, 0.3) is 0 Å². The van der Waals surface area contributed by atoms with Gasteiger partial charge < -0.3 is 0 Å². The van der Waals surface area contributed by atoms with Crippen molar-refractivity contribution in [1.82, 2.24) is 4.98 Å². The molecule has 0 bridgehead atoms. The molecule has 0 atom stereocenters. The highest BCUT2D eigenvalue weighted by Crippen LogP contribution is 2.20. The Morgan fingerprint density at radius 1 is 1.53 bits per heavy atom. The number of carbonyl (C=O) groups excluding carboxylic acids is 1. The fourth-order valence-electron chi connectivity index (χ4n) is 1.09. The van der Waals surface area contributed by atoms with Gasteiger partial charge in [0.15, 0.2) is 5.78 Å². The summed E-state index contributed by atoms with van der Waals surface area (Å²) in [5, 5.41) is 0.702. The van der Waals surface area contributed by atoms with Crippen LogP contribution in [0.2, 0.25) is 10.0 Å². The van der Waals surface area contributed by atoms with Gasteiger partial charge in [-0.05, 0) is 12.5 Å². The summed E-state index contributed by atoms with van der Waals surface area (Å²) in [6.07, 6.45) is 8.08. The van der Waals surface area contributed by atoms with Gasteiger partial charge in [-0.1, -0.05) is 23.2 Å². The van der Waals surface area contributed by atoms with Gasteiger partial charge in [-0.25, -0.2) is 0 Å². The Kier molecular flexibility index (Phi) is 4.61. The van der Waals surface area contributed by atoms with Gasteiger partial charge in [-0.3, -0.25) is 9.78 Å². The van der Waals surface area contributed by atoms with E-state index >= 15 is 0 Å². The molecule has 1 heterocycles. The number of Topliss-reactive ketones (excluding diaryl/α,β-unsaturated/α-hetero) is 1. The SMILES string of the molecule is C#CCCCC(=O)c1ncc(Cl)cc1Cl. The van der Waals surface area contributed by atoms with Crippen molar-refractivity contribution < 1.29 is 4.79 Å². The van der Waals surface area contributed by atoms with Gasteiger partial charge >= 0.3 is 0 Å². The third-order valence-corrected chi connectivity index (χ3v) is 2.29. The largest absolute Gasteiger partial charge is 0.292 e. The highest BCUT2D eigenvalue weighted by Gasteiger charge is 2.11. The molecule has 0 aliphatic rings. The minimum absolute atomic E-state index is 0.105. The maximum Gasteiger partial charge on any atom is 0.182 e. The maximum absolute atomic E-state index is 11.6. The average Bonchev–Trinajstić information content (AvgIpc) is 2.17. The second-order valence-corrected chi connectivity index (χ2v) is 3.81. The number of unbranched alkanes of at least 4 members (excludes halogenated alkanes) is 1. The monoisotopic (exact) mass is 241 g/mol. The van der Waals surface area contributed by atoms with E-state index in [0.717, 1.165) is 0 Å². The molecule has 2 nitrogen and oxygen atoms in total. The van der Waals surface area contributed by atoms with Gasteiger partial charge in [0, 0.05) is 19.0 Å². The van der Waals surface area contributed by atoms with Crippen molar-refractivity contribution >= 4 is 29.0 Å². The van der Waals surface area contributed by atoms with Crippen molar-refractivity contribution in [2.24, 2.45) is 0 Å². The summed E-state index contributed by atoms with van der Waals surface area (Å²) in [7, 11) is 0. The fraction of sp³-hybridized carbons (Fsp3) is 0.273. The maximum atomic E-state index is 11.6. The molecule has 0 aromatic carbocycles. The van der Waals surface area contributed by atoms with E-state index in [0.29, 0.717) is 24.3 Å². The number of carbonyl (C=O) groups is 1. The molecule has 1 rings (SSSR count). The Labute approximate surface area is 98.6 Å².